The number of nitrogens with zero attached hydrogens (tertiary/aromatic N) is 2. The standard InChI is InChI=1S/C20H21F3N2O3.C14H18ClFN2O2.C6H4F2O/c1-2-3-4-8-16(25-20(27)13-9-10-24-18(23)11-13)17(26)12-28-19-14(21)6-5-7-15(19)22;1-2-3-4-5-11(12(19)9-15)18-14(20)10-6-7-17-13(16)8-10;7-4-2-1-3-5(8)6(4)9/h5-7,9-11,16H,2-4,8,12H2,1H3,(H,25,27);6-8,11H,2-5,9H2,1H3,(H,18,20);1-3,9H/t16-;11-;/m00./s1. The van der Waals surface area contributed by atoms with Crippen molar-refractivity contribution in [3.63, 3.8) is 0 Å². The Morgan fingerprint density at radius 3 is 1.47 bits per heavy atom. The molecule has 308 valence electrons. The van der Waals surface area contributed by atoms with Crippen LogP contribution >= 0.6 is 11.6 Å². The van der Waals surface area contributed by atoms with Crippen molar-refractivity contribution in [3.8, 4) is 11.5 Å². The van der Waals surface area contributed by atoms with Crippen molar-refractivity contribution in [3.05, 3.63) is 119 Å². The highest BCUT2D eigenvalue weighted by Crippen LogP contribution is 2.21. The second kappa shape index (κ2) is 25.6. The summed E-state index contributed by atoms with van der Waals surface area (Å²) in [6, 6.07) is 9.51. The highest BCUT2D eigenvalue weighted by atomic mass is 35.5. The third kappa shape index (κ3) is 17.0. The Labute approximate surface area is 331 Å². The van der Waals surface area contributed by atoms with Crippen molar-refractivity contribution in [1.29, 1.82) is 0 Å². The number of amides is 2. The maximum absolute atomic E-state index is 13.6. The van der Waals surface area contributed by atoms with Crippen LogP contribution in [0.2, 0.25) is 0 Å². The zero-order chi connectivity index (χ0) is 42.3. The molecule has 3 N–H and O–H groups in total. The minimum Gasteiger partial charge on any atom is -0.503 e. The van der Waals surface area contributed by atoms with E-state index in [9.17, 15) is 45.5 Å². The van der Waals surface area contributed by atoms with Gasteiger partial charge >= 0.3 is 0 Å². The van der Waals surface area contributed by atoms with Crippen LogP contribution in [0.25, 0.3) is 0 Å². The van der Waals surface area contributed by atoms with E-state index in [4.69, 9.17) is 21.4 Å². The topological polar surface area (TPSA) is 148 Å². The number of Topliss-reactive ketones (excluding diaryl/α,β-unsaturated/α-hetero) is 2. The number of rotatable bonds is 18. The number of phenolic OH excluding ortho intramolecular Hbond substituents is 1. The molecule has 0 radical (unpaired) electrons. The van der Waals surface area contributed by atoms with Crippen LogP contribution in [0, 0.1) is 35.2 Å². The Hall–Kier alpha value is -5.51. The van der Waals surface area contributed by atoms with Crippen LogP contribution in [-0.4, -0.2) is 63.0 Å². The number of alkyl halides is 1. The third-order valence-corrected chi connectivity index (χ3v) is 8.17. The first-order chi connectivity index (χ1) is 27.2. The maximum Gasteiger partial charge on any atom is 0.252 e. The fourth-order valence-electron chi connectivity index (χ4n) is 4.84. The molecule has 0 fully saturated rings. The minimum absolute atomic E-state index is 0.0156. The lowest BCUT2D eigenvalue weighted by Crippen LogP contribution is -2.43. The molecule has 57 heavy (non-hydrogen) atoms. The van der Waals surface area contributed by atoms with Crippen molar-refractivity contribution in [2.45, 2.75) is 77.3 Å². The van der Waals surface area contributed by atoms with E-state index in [1.807, 2.05) is 6.92 Å². The van der Waals surface area contributed by atoms with E-state index in [2.05, 4.69) is 27.5 Å². The van der Waals surface area contributed by atoms with E-state index in [0.717, 1.165) is 74.7 Å². The smallest absolute Gasteiger partial charge is 0.252 e. The second-order valence-electron chi connectivity index (χ2n) is 12.3. The number of aromatic hydroxyl groups is 1. The van der Waals surface area contributed by atoms with Gasteiger partial charge in [0.25, 0.3) is 11.8 Å². The van der Waals surface area contributed by atoms with E-state index in [1.165, 1.54) is 30.5 Å². The van der Waals surface area contributed by atoms with Crippen LogP contribution in [0.5, 0.6) is 11.5 Å². The number of ketones is 2. The van der Waals surface area contributed by atoms with Crippen molar-refractivity contribution in [1.82, 2.24) is 20.6 Å². The fourth-order valence-corrected chi connectivity index (χ4v) is 5.03. The number of aromatic nitrogens is 2. The number of benzene rings is 2. The van der Waals surface area contributed by atoms with Gasteiger partial charge < -0.3 is 20.5 Å². The van der Waals surface area contributed by atoms with Crippen LogP contribution in [0.3, 0.4) is 0 Å². The highest BCUT2D eigenvalue weighted by molar-refractivity contribution is 6.28. The van der Waals surface area contributed by atoms with Crippen LogP contribution in [-0.2, 0) is 9.59 Å². The molecule has 0 saturated heterocycles. The SMILES string of the molecule is CCCCC[C@H](NC(=O)c1ccnc(F)c1)C(=O)CCl.CCCCC[C@H](NC(=O)c1ccnc(F)c1)C(=O)COc1c(F)cccc1F.Oc1c(F)cccc1F. The Bertz CT molecular complexity index is 1880. The van der Waals surface area contributed by atoms with E-state index >= 15 is 0 Å². The molecule has 0 bridgehead atoms. The largest absolute Gasteiger partial charge is 0.503 e. The number of hydrogen-bond donors (Lipinski definition) is 3. The number of hydrogen-bond acceptors (Lipinski definition) is 8. The lowest BCUT2D eigenvalue weighted by Gasteiger charge is -2.18. The zero-order valence-corrected chi connectivity index (χ0v) is 31.9. The molecule has 0 aliphatic rings. The number of pyridine rings is 2. The molecule has 17 heteroatoms. The number of nitrogens with one attached hydrogen (secondary N) is 2. The summed E-state index contributed by atoms with van der Waals surface area (Å²) in [6.07, 6.45) is 8.45. The Kier molecular flexibility index (Phi) is 21.4. The van der Waals surface area contributed by atoms with E-state index < -0.39 is 83.0 Å². The number of unbranched alkanes of at least 4 members (excludes halogenated alkanes) is 4. The van der Waals surface area contributed by atoms with E-state index in [-0.39, 0.29) is 22.8 Å². The van der Waals surface area contributed by atoms with Crippen LogP contribution in [0.4, 0.5) is 26.3 Å². The number of para-hydroxylation sites is 2. The van der Waals surface area contributed by atoms with Crippen LogP contribution < -0.4 is 15.4 Å². The summed E-state index contributed by atoms with van der Waals surface area (Å²) >= 11 is 5.54. The first kappa shape index (κ1) is 47.6. The summed E-state index contributed by atoms with van der Waals surface area (Å²) in [5.74, 6) is -8.90. The van der Waals surface area contributed by atoms with Gasteiger partial charge in [-0.2, -0.15) is 8.78 Å². The van der Waals surface area contributed by atoms with Gasteiger partial charge in [-0.25, -0.2) is 27.5 Å². The summed E-state index contributed by atoms with van der Waals surface area (Å²) in [5, 5.41) is 13.6. The minimum atomic E-state index is -0.935. The molecule has 10 nitrogen and oxygen atoms in total. The average molecular weight is 825 g/mol. The molecule has 2 heterocycles. The molecule has 4 aromatic rings. The number of carbonyl (C=O) groups is 4. The predicted octanol–water partition coefficient (Wildman–Crippen LogP) is 8.20. The number of ether oxygens (including phenoxy) is 1. The molecule has 2 amide bonds. The lowest BCUT2D eigenvalue weighted by molar-refractivity contribution is -0.123. The van der Waals surface area contributed by atoms with Gasteiger partial charge in [-0.3, -0.25) is 19.2 Å². The molecular weight excluding hydrogens is 782 g/mol. The first-order valence-electron chi connectivity index (χ1n) is 17.9. The third-order valence-electron chi connectivity index (χ3n) is 7.91. The summed E-state index contributed by atoms with van der Waals surface area (Å²) < 4.78 is 82.6. The lowest BCUT2D eigenvalue weighted by atomic mass is 10.0. The summed E-state index contributed by atoms with van der Waals surface area (Å²) in [4.78, 5) is 55.2. The highest BCUT2D eigenvalue weighted by Gasteiger charge is 2.24. The molecule has 0 aliphatic carbocycles. The van der Waals surface area contributed by atoms with Gasteiger partial charge in [-0.15, -0.1) is 11.6 Å². The molecule has 2 atom stereocenters. The summed E-state index contributed by atoms with van der Waals surface area (Å²) in [6.45, 7) is 3.43. The van der Waals surface area contributed by atoms with Gasteiger partial charge in [-0.1, -0.05) is 64.5 Å². The molecule has 2 aromatic heterocycles. The quantitative estimate of drug-likeness (QED) is 0.0394. The van der Waals surface area contributed by atoms with Crippen molar-refractivity contribution < 1.29 is 55.4 Å². The first-order valence-corrected chi connectivity index (χ1v) is 18.4. The number of carbonyl (C=O) groups excluding carboxylic acids is 4. The second-order valence-corrected chi connectivity index (χ2v) is 12.5. The summed E-state index contributed by atoms with van der Waals surface area (Å²) in [5.41, 5.74) is 0.155. The van der Waals surface area contributed by atoms with Crippen molar-refractivity contribution in [2.75, 3.05) is 12.5 Å². The predicted molar refractivity (Wildman–Crippen MR) is 200 cm³/mol. The normalized spacial score (nSPS) is 11.5. The molecule has 0 spiro atoms. The molecule has 0 saturated carbocycles. The Balaban J connectivity index is 0.000000334. The number of halogens is 7. The molecule has 4 rings (SSSR count). The van der Waals surface area contributed by atoms with Gasteiger partial charge in [0, 0.05) is 35.7 Å². The number of phenols is 1. The van der Waals surface area contributed by atoms with Crippen LogP contribution in [0.15, 0.2) is 73.1 Å². The zero-order valence-electron chi connectivity index (χ0n) is 31.2. The molecule has 0 aliphatic heterocycles. The summed E-state index contributed by atoms with van der Waals surface area (Å²) in [7, 11) is 0. The van der Waals surface area contributed by atoms with E-state index in [0.29, 0.717) is 19.3 Å². The van der Waals surface area contributed by atoms with Crippen LogP contribution in [0.1, 0.15) is 85.9 Å². The average Bonchev–Trinajstić information content (AvgIpc) is 3.19. The van der Waals surface area contributed by atoms with Gasteiger partial charge in [0.2, 0.25) is 11.9 Å². The Morgan fingerprint density at radius 2 is 1.09 bits per heavy atom. The monoisotopic (exact) mass is 824 g/mol. The van der Waals surface area contributed by atoms with Crippen molar-refractivity contribution >= 4 is 35.0 Å². The van der Waals surface area contributed by atoms with Gasteiger partial charge in [0.15, 0.2) is 46.3 Å². The fraction of sp³-hybridized carbons (Fsp3) is 0.350. The van der Waals surface area contributed by atoms with E-state index in [1.54, 1.807) is 0 Å². The van der Waals surface area contributed by atoms with Gasteiger partial charge in [-0.05, 0) is 49.2 Å². The van der Waals surface area contributed by atoms with Crippen molar-refractivity contribution in [2.24, 2.45) is 0 Å². The molecular formula is C40H43ClF6N4O6. The molecule has 2 aromatic carbocycles. The van der Waals surface area contributed by atoms with Gasteiger partial charge in [0.1, 0.15) is 6.61 Å². The molecule has 0 unspecified atom stereocenters. The Morgan fingerprint density at radius 1 is 0.667 bits per heavy atom. The van der Waals surface area contributed by atoms with Gasteiger partial charge in [0.05, 0.1) is 18.0 Å². The maximum atomic E-state index is 13.6.